The first kappa shape index (κ1) is 20.7. The maximum Gasteiger partial charge on any atom is 0.233 e. The molecule has 0 radical (unpaired) electrons. The molecule has 1 heterocycles. The van der Waals surface area contributed by atoms with Gasteiger partial charge in [-0.25, -0.2) is 0 Å². The molecule has 30 heavy (non-hydrogen) atoms. The van der Waals surface area contributed by atoms with E-state index in [0.717, 1.165) is 34.4 Å². The molecule has 2 N–H and O–H groups in total. The van der Waals surface area contributed by atoms with Crippen molar-refractivity contribution in [3.63, 3.8) is 0 Å². The molecule has 1 fully saturated rings. The summed E-state index contributed by atoms with van der Waals surface area (Å²) in [6.07, 6.45) is 4.59. The summed E-state index contributed by atoms with van der Waals surface area (Å²) in [5.41, 5.74) is 0.898. The van der Waals surface area contributed by atoms with E-state index in [1.807, 2.05) is 61.5 Å². The van der Waals surface area contributed by atoms with E-state index in [-0.39, 0.29) is 11.2 Å². The van der Waals surface area contributed by atoms with Crippen LogP contribution < -0.4 is 15.4 Å². The molecule has 1 aromatic heterocycles. The number of anilines is 2. The zero-order valence-electron chi connectivity index (χ0n) is 16.7. The molecule has 0 spiro atoms. The molecular formula is C22H24N4O2S2. The number of amides is 1. The first-order valence-electron chi connectivity index (χ1n) is 10.1. The minimum Gasteiger partial charge on any atom is -0.457 e. The monoisotopic (exact) mass is 440 g/mol. The van der Waals surface area contributed by atoms with Crippen LogP contribution in [0.5, 0.6) is 11.5 Å². The Morgan fingerprint density at radius 2 is 1.77 bits per heavy atom. The smallest absolute Gasteiger partial charge is 0.233 e. The van der Waals surface area contributed by atoms with Gasteiger partial charge in [0.2, 0.25) is 11.0 Å². The summed E-state index contributed by atoms with van der Waals surface area (Å²) in [5.74, 6) is 1.64. The maximum atomic E-state index is 12.4. The third kappa shape index (κ3) is 5.73. The molecule has 0 saturated heterocycles. The molecule has 1 aliphatic carbocycles. The summed E-state index contributed by atoms with van der Waals surface area (Å²) in [7, 11) is 0. The highest BCUT2D eigenvalue weighted by molar-refractivity contribution is 8.02. The Hall–Kier alpha value is -2.58. The normalized spacial score (nSPS) is 15.0. The molecule has 1 amide bonds. The fourth-order valence-corrected chi connectivity index (χ4v) is 5.18. The second-order valence-corrected chi connectivity index (χ2v) is 9.75. The van der Waals surface area contributed by atoms with Gasteiger partial charge in [-0.2, -0.15) is 0 Å². The van der Waals surface area contributed by atoms with Crippen LogP contribution in [0.25, 0.3) is 0 Å². The Morgan fingerprint density at radius 1 is 1.07 bits per heavy atom. The number of carbonyl (C=O) groups excluding carboxylic acids is 1. The van der Waals surface area contributed by atoms with Crippen molar-refractivity contribution >= 4 is 39.8 Å². The topological polar surface area (TPSA) is 76.1 Å². The van der Waals surface area contributed by atoms with E-state index in [2.05, 4.69) is 20.8 Å². The van der Waals surface area contributed by atoms with E-state index in [1.165, 1.54) is 35.9 Å². The lowest BCUT2D eigenvalue weighted by molar-refractivity contribution is -0.120. The van der Waals surface area contributed by atoms with Gasteiger partial charge in [-0.05, 0) is 56.2 Å². The molecular weight excluding hydrogens is 416 g/mol. The van der Waals surface area contributed by atoms with Crippen molar-refractivity contribution in [3.8, 4) is 11.5 Å². The van der Waals surface area contributed by atoms with Gasteiger partial charge >= 0.3 is 0 Å². The lowest BCUT2D eigenvalue weighted by Crippen LogP contribution is -2.37. The summed E-state index contributed by atoms with van der Waals surface area (Å²) in [4.78, 5) is 12.4. The highest BCUT2D eigenvalue weighted by atomic mass is 32.2. The molecule has 1 saturated carbocycles. The molecule has 0 aliphatic heterocycles. The molecule has 1 atom stereocenters. The van der Waals surface area contributed by atoms with Crippen molar-refractivity contribution < 1.29 is 9.53 Å². The number of benzene rings is 2. The van der Waals surface area contributed by atoms with Gasteiger partial charge in [0.1, 0.15) is 11.5 Å². The predicted molar refractivity (Wildman–Crippen MR) is 122 cm³/mol. The highest BCUT2D eigenvalue weighted by Gasteiger charge is 2.22. The van der Waals surface area contributed by atoms with Gasteiger partial charge in [0.25, 0.3) is 0 Å². The van der Waals surface area contributed by atoms with E-state index in [0.29, 0.717) is 11.2 Å². The number of aromatic nitrogens is 2. The Labute approximate surface area is 184 Å². The third-order valence-corrected chi connectivity index (χ3v) is 6.86. The van der Waals surface area contributed by atoms with E-state index < -0.39 is 0 Å². The molecule has 2 aromatic carbocycles. The fourth-order valence-electron chi connectivity index (χ4n) is 3.26. The van der Waals surface area contributed by atoms with Crippen molar-refractivity contribution in [2.75, 3.05) is 5.32 Å². The molecule has 0 bridgehead atoms. The molecule has 4 rings (SSSR count). The number of carbonyl (C=O) groups is 1. The summed E-state index contributed by atoms with van der Waals surface area (Å²) in [5, 5.41) is 15.3. The van der Waals surface area contributed by atoms with Gasteiger partial charge in [0, 0.05) is 11.7 Å². The van der Waals surface area contributed by atoms with Crippen molar-refractivity contribution in [1.29, 1.82) is 0 Å². The minimum absolute atomic E-state index is 0.0746. The average Bonchev–Trinajstić information content (AvgIpc) is 3.42. The lowest BCUT2D eigenvalue weighted by atomic mass is 10.2. The lowest BCUT2D eigenvalue weighted by Gasteiger charge is -2.15. The number of nitrogens with zero attached hydrogens (tertiary/aromatic N) is 2. The van der Waals surface area contributed by atoms with Gasteiger partial charge in [0.15, 0.2) is 4.34 Å². The standard InChI is InChI=1S/C22H24N4O2S2/c1-15(20(27)23-16-7-5-6-8-16)29-22-26-25-21(30-22)24-17-11-13-19(14-12-17)28-18-9-3-2-4-10-18/h2-4,9-16H,5-8H2,1H3,(H,23,27)(H,24,25). The molecule has 1 unspecified atom stereocenters. The maximum absolute atomic E-state index is 12.4. The molecule has 156 valence electrons. The second kappa shape index (κ2) is 9.95. The van der Waals surface area contributed by atoms with Crippen LogP contribution in [-0.4, -0.2) is 27.4 Å². The second-order valence-electron chi connectivity index (χ2n) is 7.19. The van der Waals surface area contributed by atoms with Gasteiger partial charge < -0.3 is 15.4 Å². The van der Waals surface area contributed by atoms with E-state index >= 15 is 0 Å². The van der Waals surface area contributed by atoms with Crippen LogP contribution in [0.15, 0.2) is 58.9 Å². The zero-order valence-corrected chi connectivity index (χ0v) is 18.3. The largest absolute Gasteiger partial charge is 0.457 e. The molecule has 3 aromatic rings. The summed E-state index contributed by atoms with van der Waals surface area (Å²) in [6.45, 7) is 1.91. The van der Waals surface area contributed by atoms with Gasteiger partial charge in [-0.3, -0.25) is 4.79 Å². The third-order valence-electron chi connectivity index (χ3n) is 4.84. The first-order chi connectivity index (χ1) is 14.7. The number of para-hydroxylation sites is 1. The van der Waals surface area contributed by atoms with E-state index in [9.17, 15) is 4.79 Å². The van der Waals surface area contributed by atoms with Crippen LogP contribution in [0.1, 0.15) is 32.6 Å². The summed E-state index contributed by atoms with van der Waals surface area (Å²) < 4.78 is 6.58. The number of hydrogen-bond donors (Lipinski definition) is 2. The number of thioether (sulfide) groups is 1. The van der Waals surface area contributed by atoms with E-state index in [1.54, 1.807) is 0 Å². The quantitative estimate of drug-likeness (QED) is 0.443. The van der Waals surface area contributed by atoms with Crippen LogP contribution in [0.4, 0.5) is 10.8 Å². The van der Waals surface area contributed by atoms with Crippen LogP contribution in [0.2, 0.25) is 0 Å². The van der Waals surface area contributed by atoms with Gasteiger partial charge in [-0.15, -0.1) is 10.2 Å². The number of ether oxygens (including phenoxy) is 1. The number of rotatable bonds is 8. The number of nitrogens with one attached hydrogen (secondary N) is 2. The molecule has 1 aliphatic rings. The van der Waals surface area contributed by atoms with Crippen molar-refractivity contribution in [3.05, 3.63) is 54.6 Å². The Morgan fingerprint density at radius 3 is 2.50 bits per heavy atom. The average molecular weight is 441 g/mol. The van der Waals surface area contributed by atoms with Gasteiger partial charge in [-0.1, -0.05) is 54.1 Å². The zero-order chi connectivity index (χ0) is 20.8. The predicted octanol–water partition coefficient (Wildman–Crippen LogP) is 5.61. The summed E-state index contributed by atoms with van der Waals surface area (Å²) >= 11 is 2.88. The van der Waals surface area contributed by atoms with Crippen molar-refractivity contribution in [2.45, 2.75) is 48.2 Å². The van der Waals surface area contributed by atoms with Crippen LogP contribution in [-0.2, 0) is 4.79 Å². The number of hydrogen-bond acceptors (Lipinski definition) is 7. The van der Waals surface area contributed by atoms with Crippen molar-refractivity contribution in [2.24, 2.45) is 0 Å². The van der Waals surface area contributed by atoms with Crippen molar-refractivity contribution in [1.82, 2.24) is 15.5 Å². The van der Waals surface area contributed by atoms with E-state index in [4.69, 9.17) is 4.74 Å². The van der Waals surface area contributed by atoms with Crippen LogP contribution in [0.3, 0.4) is 0 Å². The van der Waals surface area contributed by atoms with Crippen LogP contribution in [0, 0.1) is 0 Å². The SMILES string of the molecule is CC(Sc1nnc(Nc2ccc(Oc3ccccc3)cc2)s1)C(=O)NC1CCCC1. The minimum atomic E-state index is -0.194. The highest BCUT2D eigenvalue weighted by Crippen LogP contribution is 2.31. The van der Waals surface area contributed by atoms with Crippen LogP contribution >= 0.6 is 23.1 Å². The fraction of sp³-hybridized carbons (Fsp3) is 0.318. The first-order valence-corrected chi connectivity index (χ1v) is 11.8. The molecule has 8 heteroatoms. The Kier molecular flexibility index (Phi) is 6.86. The van der Waals surface area contributed by atoms with Gasteiger partial charge in [0.05, 0.1) is 5.25 Å². The Bertz CT molecular complexity index is 957. The summed E-state index contributed by atoms with van der Waals surface area (Å²) in [6, 6.07) is 17.7. The molecule has 6 nitrogen and oxygen atoms in total. The Balaban J connectivity index is 1.29.